The third kappa shape index (κ3) is 6.92. The number of benzene rings is 2. The maximum atomic E-state index is 5.45. The molecule has 0 spiro atoms. The molecular formula is C24H34IN3O3. The Balaban J connectivity index is 0.00000341. The minimum absolute atomic E-state index is 0. The predicted molar refractivity (Wildman–Crippen MR) is 136 cm³/mol. The average Bonchev–Trinajstić information content (AvgIpc) is 3.54. The first-order valence-corrected chi connectivity index (χ1v) is 10.5. The summed E-state index contributed by atoms with van der Waals surface area (Å²) in [6.07, 6.45) is 3.61. The largest absolute Gasteiger partial charge is 0.493 e. The van der Waals surface area contributed by atoms with Crippen LogP contribution in [0.4, 0.5) is 0 Å². The van der Waals surface area contributed by atoms with Gasteiger partial charge in [0, 0.05) is 13.1 Å². The molecule has 2 aromatic carbocycles. The molecule has 0 aliphatic heterocycles. The molecule has 0 amide bonds. The fraction of sp³-hybridized carbons (Fsp3) is 0.458. The normalized spacial score (nSPS) is 14.3. The standard InChI is InChI=1S/C24H33N3O3.HI/c1-5-25-23(27-17-24(11-12-24)15-18-9-7-6-8-10-18)26-16-19-13-20(28-2)22(30-4)21(14-19)29-3;/h6-10,13-14H,5,11-12,15-17H2,1-4H3,(H2,25,26,27);1H. The van der Waals surface area contributed by atoms with Gasteiger partial charge in [-0.1, -0.05) is 30.3 Å². The van der Waals surface area contributed by atoms with Gasteiger partial charge in [-0.2, -0.15) is 0 Å². The Morgan fingerprint density at radius 2 is 1.58 bits per heavy atom. The van der Waals surface area contributed by atoms with Gasteiger partial charge in [0.15, 0.2) is 17.5 Å². The number of nitrogens with one attached hydrogen (secondary N) is 2. The molecule has 7 heteroatoms. The molecule has 0 bridgehead atoms. The molecule has 170 valence electrons. The van der Waals surface area contributed by atoms with E-state index in [4.69, 9.17) is 19.2 Å². The van der Waals surface area contributed by atoms with E-state index in [0.29, 0.717) is 29.2 Å². The molecule has 1 saturated carbocycles. The van der Waals surface area contributed by atoms with Gasteiger partial charge in [-0.15, -0.1) is 24.0 Å². The van der Waals surface area contributed by atoms with E-state index in [0.717, 1.165) is 31.0 Å². The van der Waals surface area contributed by atoms with E-state index in [1.165, 1.54) is 18.4 Å². The number of guanidine groups is 1. The lowest BCUT2D eigenvalue weighted by Gasteiger charge is -2.19. The van der Waals surface area contributed by atoms with Gasteiger partial charge in [-0.05, 0) is 54.9 Å². The van der Waals surface area contributed by atoms with E-state index in [1.807, 2.05) is 12.1 Å². The van der Waals surface area contributed by atoms with Crippen molar-refractivity contribution in [3.63, 3.8) is 0 Å². The van der Waals surface area contributed by atoms with Crippen LogP contribution in [0.2, 0.25) is 0 Å². The topological polar surface area (TPSA) is 64.1 Å². The highest BCUT2D eigenvalue weighted by atomic mass is 127. The second-order valence-electron chi connectivity index (χ2n) is 7.74. The minimum atomic E-state index is 0. The number of halogens is 1. The number of nitrogens with zero attached hydrogens (tertiary/aromatic N) is 1. The third-order valence-electron chi connectivity index (χ3n) is 5.50. The Hall–Kier alpha value is -2.16. The van der Waals surface area contributed by atoms with E-state index in [1.54, 1.807) is 21.3 Å². The molecular weight excluding hydrogens is 505 g/mol. The van der Waals surface area contributed by atoms with Crippen LogP contribution >= 0.6 is 24.0 Å². The van der Waals surface area contributed by atoms with Crippen molar-refractivity contribution < 1.29 is 14.2 Å². The van der Waals surface area contributed by atoms with Gasteiger partial charge in [0.05, 0.1) is 27.9 Å². The second kappa shape index (κ2) is 12.0. The maximum absolute atomic E-state index is 5.45. The fourth-order valence-electron chi connectivity index (χ4n) is 3.63. The smallest absolute Gasteiger partial charge is 0.203 e. The van der Waals surface area contributed by atoms with Gasteiger partial charge in [-0.25, -0.2) is 4.99 Å². The van der Waals surface area contributed by atoms with Crippen LogP contribution in [-0.2, 0) is 13.0 Å². The van der Waals surface area contributed by atoms with Crippen molar-refractivity contribution >= 4 is 29.9 Å². The Morgan fingerprint density at radius 3 is 2.10 bits per heavy atom. The van der Waals surface area contributed by atoms with Crippen molar-refractivity contribution in [3.05, 3.63) is 53.6 Å². The molecule has 0 unspecified atom stereocenters. The molecule has 0 heterocycles. The molecule has 31 heavy (non-hydrogen) atoms. The predicted octanol–water partition coefficient (Wildman–Crippen LogP) is 4.41. The summed E-state index contributed by atoms with van der Waals surface area (Å²) in [5.41, 5.74) is 2.73. The van der Waals surface area contributed by atoms with E-state index in [9.17, 15) is 0 Å². The van der Waals surface area contributed by atoms with Crippen molar-refractivity contribution in [3.8, 4) is 17.2 Å². The maximum Gasteiger partial charge on any atom is 0.203 e. The highest BCUT2D eigenvalue weighted by molar-refractivity contribution is 14.0. The Kier molecular flexibility index (Phi) is 9.74. The lowest BCUT2D eigenvalue weighted by Crippen LogP contribution is -2.40. The summed E-state index contributed by atoms with van der Waals surface area (Å²) < 4.78 is 16.3. The highest BCUT2D eigenvalue weighted by Crippen LogP contribution is 2.47. The van der Waals surface area contributed by atoms with Crippen LogP contribution in [0.25, 0.3) is 0 Å². The first kappa shape index (κ1) is 25.1. The molecule has 0 atom stereocenters. The summed E-state index contributed by atoms with van der Waals surface area (Å²) >= 11 is 0. The Morgan fingerprint density at radius 1 is 0.935 bits per heavy atom. The van der Waals surface area contributed by atoms with Crippen LogP contribution in [0.3, 0.4) is 0 Å². The SMILES string of the molecule is CCNC(=NCc1cc(OC)c(OC)c(OC)c1)NCC1(Cc2ccccc2)CC1.I. The molecule has 2 N–H and O–H groups in total. The van der Waals surface area contributed by atoms with Crippen LogP contribution in [0.15, 0.2) is 47.5 Å². The lowest BCUT2D eigenvalue weighted by molar-refractivity contribution is 0.324. The number of ether oxygens (including phenoxy) is 3. The second-order valence-corrected chi connectivity index (χ2v) is 7.74. The van der Waals surface area contributed by atoms with Gasteiger partial charge in [-0.3, -0.25) is 0 Å². The van der Waals surface area contributed by atoms with Crippen molar-refractivity contribution in [2.45, 2.75) is 32.7 Å². The molecule has 3 rings (SSSR count). The summed E-state index contributed by atoms with van der Waals surface area (Å²) in [7, 11) is 4.85. The van der Waals surface area contributed by atoms with E-state index < -0.39 is 0 Å². The molecule has 1 aliphatic carbocycles. The van der Waals surface area contributed by atoms with Gasteiger partial charge in [0.1, 0.15) is 0 Å². The van der Waals surface area contributed by atoms with Crippen molar-refractivity contribution in [1.29, 1.82) is 0 Å². The quantitative estimate of drug-likeness (QED) is 0.266. The van der Waals surface area contributed by atoms with E-state index >= 15 is 0 Å². The first-order valence-electron chi connectivity index (χ1n) is 10.5. The van der Waals surface area contributed by atoms with Gasteiger partial charge in [0.25, 0.3) is 0 Å². The van der Waals surface area contributed by atoms with Crippen LogP contribution in [0.5, 0.6) is 17.2 Å². The number of hydrogen-bond acceptors (Lipinski definition) is 4. The zero-order chi connectivity index (χ0) is 21.4. The summed E-state index contributed by atoms with van der Waals surface area (Å²) in [5.74, 6) is 2.69. The third-order valence-corrected chi connectivity index (χ3v) is 5.50. The highest BCUT2D eigenvalue weighted by Gasteiger charge is 2.42. The zero-order valence-corrected chi connectivity index (χ0v) is 21.2. The molecule has 0 radical (unpaired) electrons. The van der Waals surface area contributed by atoms with Crippen molar-refractivity contribution in [2.75, 3.05) is 34.4 Å². The van der Waals surface area contributed by atoms with Crippen LogP contribution in [0.1, 0.15) is 30.9 Å². The number of methoxy groups -OCH3 is 3. The summed E-state index contributed by atoms with van der Waals surface area (Å²) in [6.45, 7) is 4.32. The molecule has 0 aromatic heterocycles. The van der Waals surface area contributed by atoms with Crippen LogP contribution < -0.4 is 24.8 Å². The van der Waals surface area contributed by atoms with Crippen LogP contribution in [0, 0.1) is 5.41 Å². The minimum Gasteiger partial charge on any atom is -0.493 e. The number of hydrogen-bond donors (Lipinski definition) is 2. The lowest BCUT2D eigenvalue weighted by atomic mass is 9.96. The molecule has 1 aliphatic rings. The summed E-state index contributed by atoms with van der Waals surface area (Å²) in [4.78, 5) is 4.77. The summed E-state index contributed by atoms with van der Waals surface area (Å²) in [6, 6.07) is 14.6. The van der Waals surface area contributed by atoms with Gasteiger partial charge in [0.2, 0.25) is 5.75 Å². The number of rotatable bonds is 10. The fourth-order valence-corrected chi connectivity index (χ4v) is 3.63. The Bertz CT molecular complexity index is 829. The summed E-state index contributed by atoms with van der Waals surface area (Å²) in [5, 5.41) is 6.89. The molecule has 2 aromatic rings. The molecule has 1 fully saturated rings. The first-order chi connectivity index (χ1) is 14.6. The monoisotopic (exact) mass is 539 g/mol. The van der Waals surface area contributed by atoms with Crippen molar-refractivity contribution in [2.24, 2.45) is 10.4 Å². The van der Waals surface area contributed by atoms with Crippen LogP contribution in [-0.4, -0.2) is 40.4 Å². The Labute approximate surface area is 202 Å². The molecule has 0 saturated heterocycles. The van der Waals surface area contributed by atoms with E-state index in [-0.39, 0.29) is 24.0 Å². The van der Waals surface area contributed by atoms with E-state index in [2.05, 4.69) is 47.9 Å². The zero-order valence-electron chi connectivity index (χ0n) is 18.9. The van der Waals surface area contributed by atoms with Gasteiger partial charge >= 0.3 is 0 Å². The molecule has 6 nitrogen and oxygen atoms in total. The number of aliphatic imine (C=N–C) groups is 1. The van der Waals surface area contributed by atoms with Crippen molar-refractivity contribution in [1.82, 2.24) is 10.6 Å². The average molecular weight is 539 g/mol. The van der Waals surface area contributed by atoms with Gasteiger partial charge < -0.3 is 24.8 Å².